The van der Waals surface area contributed by atoms with Crippen molar-refractivity contribution < 1.29 is 19.4 Å². The lowest BCUT2D eigenvalue weighted by molar-refractivity contribution is -0.129. The van der Waals surface area contributed by atoms with Gasteiger partial charge < -0.3 is 34.3 Å². The zero-order chi connectivity index (χ0) is 26.0. The molecule has 0 saturated carbocycles. The number of nitrogens with zero attached hydrogens (tertiary/aromatic N) is 5. The number of methoxy groups -OCH3 is 1. The maximum atomic E-state index is 11.7. The number of amides is 1. The fourth-order valence-electron chi connectivity index (χ4n) is 4.36. The SMILES string of the molecule is COc1cc(OC(C)C)ccc1CNc1nc(N2CCN(C(C)=O)CC2)nc2c(O)n(C(C)C)cc12. The molecule has 1 aromatic carbocycles. The molecule has 1 saturated heterocycles. The van der Waals surface area contributed by atoms with E-state index in [0.29, 0.717) is 55.8 Å². The maximum absolute atomic E-state index is 11.7. The Kier molecular flexibility index (Phi) is 7.42. The molecule has 36 heavy (non-hydrogen) atoms. The van der Waals surface area contributed by atoms with E-state index in [1.807, 2.05) is 57.0 Å². The van der Waals surface area contributed by atoms with Crippen LogP contribution in [0.2, 0.25) is 0 Å². The van der Waals surface area contributed by atoms with Gasteiger partial charge in [-0.15, -0.1) is 0 Å². The van der Waals surface area contributed by atoms with Crippen LogP contribution in [0.3, 0.4) is 0 Å². The van der Waals surface area contributed by atoms with Gasteiger partial charge in [0.2, 0.25) is 17.7 Å². The van der Waals surface area contributed by atoms with Crippen LogP contribution in [0, 0.1) is 0 Å². The monoisotopic (exact) mass is 496 g/mol. The smallest absolute Gasteiger partial charge is 0.228 e. The highest BCUT2D eigenvalue weighted by atomic mass is 16.5. The van der Waals surface area contributed by atoms with E-state index in [1.165, 1.54) is 0 Å². The molecular weight excluding hydrogens is 460 g/mol. The minimum Gasteiger partial charge on any atom is -0.496 e. The number of fused-ring (bicyclic) bond motifs is 1. The molecule has 3 aromatic rings. The number of carbonyl (C=O) groups is 1. The van der Waals surface area contributed by atoms with Gasteiger partial charge in [-0.1, -0.05) is 0 Å². The van der Waals surface area contributed by atoms with E-state index in [0.717, 1.165) is 16.7 Å². The minimum absolute atomic E-state index is 0.0585. The number of hydrogen-bond acceptors (Lipinski definition) is 8. The van der Waals surface area contributed by atoms with Gasteiger partial charge in [-0.3, -0.25) is 4.79 Å². The van der Waals surface area contributed by atoms with E-state index in [4.69, 9.17) is 19.4 Å². The van der Waals surface area contributed by atoms with Gasteiger partial charge in [-0.25, -0.2) is 4.98 Å². The second-order valence-corrected chi connectivity index (χ2v) is 9.58. The number of anilines is 2. The Hall–Kier alpha value is -3.69. The minimum atomic E-state index is 0.0585. The number of aromatic nitrogens is 3. The number of rotatable bonds is 8. The molecule has 0 radical (unpaired) electrons. The third kappa shape index (κ3) is 5.27. The van der Waals surface area contributed by atoms with E-state index >= 15 is 0 Å². The largest absolute Gasteiger partial charge is 0.496 e. The molecular formula is C26H36N6O4. The van der Waals surface area contributed by atoms with Crippen molar-refractivity contribution in [2.75, 3.05) is 43.5 Å². The van der Waals surface area contributed by atoms with Crippen LogP contribution in [0.15, 0.2) is 24.4 Å². The first kappa shape index (κ1) is 25.4. The third-order valence-corrected chi connectivity index (χ3v) is 6.30. The molecule has 2 aromatic heterocycles. The molecule has 10 heteroatoms. The highest BCUT2D eigenvalue weighted by Crippen LogP contribution is 2.35. The van der Waals surface area contributed by atoms with Crippen molar-refractivity contribution in [2.24, 2.45) is 0 Å². The second kappa shape index (κ2) is 10.5. The molecule has 1 aliphatic rings. The van der Waals surface area contributed by atoms with Crippen LogP contribution in [0.4, 0.5) is 11.8 Å². The van der Waals surface area contributed by atoms with Crippen LogP contribution in [-0.4, -0.2) is 69.8 Å². The maximum Gasteiger partial charge on any atom is 0.228 e. The van der Waals surface area contributed by atoms with Gasteiger partial charge in [0.05, 0.1) is 18.6 Å². The summed E-state index contributed by atoms with van der Waals surface area (Å²) < 4.78 is 13.2. The molecule has 194 valence electrons. The van der Waals surface area contributed by atoms with Gasteiger partial charge in [0, 0.05) is 63.5 Å². The van der Waals surface area contributed by atoms with Crippen molar-refractivity contribution in [1.82, 2.24) is 19.4 Å². The number of hydrogen-bond donors (Lipinski definition) is 2. The molecule has 3 heterocycles. The molecule has 0 unspecified atom stereocenters. The fourth-order valence-corrected chi connectivity index (χ4v) is 4.36. The number of nitrogens with one attached hydrogen (secondary N) is 1. The first-order chi connectivity index (χ1) is 17.2. The van der Waals surface area contributed by atoms with E-state index in [1.54, 1.807) is 18.6 Å². The average Bonchev–Trinajstić information content (AvgIpc) is 3.19. The summed E-state index contributed by atoms with van der Waals surface area (Å²) in [5.41, 5.74) is 1.45. The summed E-state index contributed by atoms with van der Waals surface area (Å²) in [5, 5.41) is 15.1. The molecule has 1 fully saturated rings. The Morgan fingerprint density at radius 1 is 1.14 bits per heavy atom. The lowest BCUT2D eigenvalue weighted by Crippen LogP contribution is -2.48. The normalized spacial score (nSPS) is 14.1. The summed E-state index contributed by atoms with van der Waals surface area (Å²) in [6, 6.07) is 5.84. The third-order valence-electron chi connectivity index (χ3n) is 6.30. The Bertz CT molecular complexity index is 1230. The molecule has 1 aliphatic heterocycles. The first-order valence-corrected chi connectivity index (χ1v) is 12.4. The zero-order valence-electron chi connectivity index (χ0n) is 21.9. The molecule has 0 atom stereocenters. The Morgan fingerprint density at radius 2 is 1.86 bits per heavy atom. The Labute approximate surface area is 211 Å². The topological polar surface area (TPSA) is 105 Å². The predicted octanol–water partition coefficient (Wildman–Crippen LogP) is 3.79. The van der Waals surface area contributed by atoms with Crippen molar-refractivity contribution in [1.29, 1.82) is 0 Å². The van der Waals surface area contributed by atoms with E-state index < -0.39 is 0 Å². The van der Waals surface area contributed by atoms with Crippen molar-refractivity contribution in [3.8, 4) is 17.4 Å². The Morgan fingerprint density at radius 3 is 2.47 bits per heavy atom. The van der Waals surface area contributed by atoms with Crippen LogP contribution < -0.4 is 19.7 Å². The van der Waals surface area contributed by atoms with Gasteiger partial charge in [-0.05, 0) is 39.8 Å². The molecule has 10 nitrogen and oxygen atoms in total. The van der Waals surface area contributed by atoms with Crippen LogP contribution in [0.5, 0.6) is 17.4 Å². The second-order valence-electron chi connectivity index (χ2n) is 9.58. The summed E-state index contributed by atoms with van der Waals surface area (Å²) >= 11 is 0. The van der Waals surface area contributed by atoms with Crippen molar-refractivity contribution in [3.05, 3.63) is 30.0 Å². The van der Waals surface area contributed by atoms with Crippen LogP contribution in [-0.2, 0) is 11.3 Å². The quantitative estimate of drug-likeness (QED) is 0.485. The number of aromatic hydroxyl groups is 1. The van der Waals surface area contributed by atoms with Gasteiger partial charge >= 0.3 is 0 Å². The van der Waals surface area contributed by atoms with Gasteiger partial charge in [0.25, 0.3) is 0 Å². The molecule has 4 rings (SSSR count). The summed E-state index contributed by atoms with van der Waals surface area (Å²) in [6.45, 7) is 12.5. The van der Waals surface area contributed by atoms with E-state index in [9.17, 15) is 9.90 Å². The lowest BCUT2D eigenvalue weighted by atomic mass is 10.2. The molecule has 0 aliphatic carbocycles. The number of carbonyl (C=O) groups excluding carboxylic acids is 1. The molecule has 0 spiro atoms. The number of piperazine rings is 1. The van der Waals surface area contributed by atoms with Gasteiger partial charge in [0.1, 0.15) is 22.8 Å². The molecule has 2 N–H and O–H groups in total. The van der Waals surface area contributed by atoms with Crippen molar-refractivity contribution >= 4 is 28.6 Å². The number of benzene rings is 1. The highest BCUT2D eigenvalue weighted by molar-refractivity contribution is 5.94. The standard InChI is InChI=1S/C26H36N6O4/c1-16(2)32-15-21-23(25(32)34)28-26(31-11-9-30(10-12-31)18(5)33)29-24(21)27-14-19-7-8-20(36-17(3)4)13-22(19)35-6/h7-8,13,15-17,34H,9-12,14H2,1-6H3,(H,27,28,29). The van der Waals surface area contributed by atoms with Crippen LogP contribution in [0.1, 0.15) is 46.2 Å². The van der Waals surface area contributed by atoms with Gasteiger partial charge in [0.15, 0.2) is 0 Å². The summed E-state index contributed by atoms with van der Waals surface area (Å²) in [4.78, 5) is 25.2. The molecule has 0 bridgehead atoms. The van der Waals surface area contributed by atoms with Crippen LogP contribution in [0.25, 0.3) is 10.9 Å². The summed E-state index contributed by atoms with van der Waals surface area (Å²) in [7, 11) is 1.64. The highest BCUT2D eigenvalue weighted by Gasteiger charge is 2.24. The summed E-state index contributed by atoms with van der Waals surface area (Å²) in [5.74, 6) is 2.80. The number of ether oxygens (including phenoxy) is 2. The zero-order valence-corrected chi connectivity index (χ0v) is 21.9. The van der Waals surface area contributed by atoms with Gasteiger partial charge in [-0.2, -0.15) is 4.98 Å². The summed E-state index contributed by atoms with van der Waals surface area (Å²) in [6.07, 6.45) is 1.95. The lowest BCUT2D eigenvalue weighted by Gasteiger charge is -2.34. The predicted molar refractivity (Wildman–Crippen MR) is 140 cm³/mol. The van der Waals surface area contributed by atoms with Crippen molar-refractivity contribution in [3.63, 3.8) is 0 Å². The molecule has 1 amide bonds. The fraction of sp³-hybridized carbons (Fsp3) is 0.500. The Balaban J connectivity index is 1.66. The first-order valence-electron chi connectivity index (χ1n) is 12.4. The van der Waals surface area contributed by atoms with Crippen LogP contribution >= 0.6 is 0 Å². The van der Waals surface area contributed by atoms with Crippen molar-refractivity contribution in [2.45, 2.75) is 53.3 Å². The average molecular weight is 497 g/mol. The van der Waals surface area contributed by atoms with E-state index in [2.05, 4.69) is 10.2 Å². The van der Waals surface area contributed by atoms with E-state index in [-0.39, 0.29) is 23.9 Å².